The van der Waals surface area contributed by atoms with Gasteiger partial charge < -0.3 is 10.6 Å². The van der Waals surface area contributed by atoms with Crippen LogP contribution >= 0.6 is 22.7 Å². The Bertz CT molecular complexity index is 703. The van der Waals surface area contributed by atoms with Crippen LogP contribution in [0.15, 0.2) is 5.38 Å². The van der Waals surface area contributed by atoms with Crippen LogP contribution in [0.1, 0.15) is 31.5 Å². The predicted octanol–water partition coefficient (Wildman–Crippen LogP) is 2.22. The standard InChI is InChI=1S/C13H18N6O2S2/c1-13(2,3)9-18-19-12(23-9)16-8(20)5-7-6-22-11(15-7)17-10(21)14-4/h6H,5H2,1-4H3,(H,16,19,20)(H2,14,15,17,21). The van der Waals surface area contributed by atoms with E-state index >= 15 is 0 Å². The maximum atomic E-state index is 12.0. The molecule has 0 fully saturated rings. The lowest BCUT2D eigenvalue weighted by molar-refractivity contribution is -0.115. The fraction of sp³-hybridized carbons (Fsp3) is 0.462. The molecule has 0 unspecified atom stereocenters. The summed E-state index contributed by atoms with van der Waals surface area (Å²) in [6.07, 6.45) is 0.107. The summed E-state index contributed by atoms with van der Waals surface area (Å²) in [5.41, 5.74) is 0.482. The first-order valence-electron chi connectivity index (χ1n) is 6.85. The third-order valence-corrected chi connectivity index (χ3v) is 4.72. The maximum Gasteiger partial charge on any atom is 0.320 e. The molecule has 0 aliphatic rings. The highest BCUT2D eigenvalue weighted by Gasteiger charge is 2.20. The number of nitrogens with zero attached hydrogens (tertiary/aromatic N) is 3. The fourth-order valence-electron chi connectivity index (χ4n) is 1.51. The third kappa shape index (κ3) is 4.96. The van der Waals surface area contributed by atoms with Crippen molar-refractivity contribution in [1.82, 2.24) is 20.5 Å². The Morgan fingerprint density at radius 2 is 1.91 bits per heavy atom. The van der Waals surface area contributed by atoms with Crippen molar-refractivity contribution in [3.8, 4) is 0 Å². The molecule has 0 aliphatic heterocycles. The van der Waals surface area contributed by atoms with Crippen LogP contribution in [-0.4, -0.2) is 34.2 Å². The molecule has 2 aromatic heterocycles. The fourth-order valence-corrected chi connectivity index (χ4v) is 3.03. The minimum absolute atomic E-state index is 0.101. The molecule has 3 amide bonds. The Morgan fingerprint density at radius 1 is 1.17 bits per heavy atom. The first kappa shape index (κ1) is 17.3. The van der Waals surface area contributed by atoms with E-state index in [1.165, 1.54) is 29.7 Å². The number of hydrogen-bond donors (Lipinski definition) is 3. The molecule has 3 N–H and O–H groups in total. The third-order valence-electron chi connectivity index (χ3n) is 2.65. The van der Waals surface area contributed by atoms with Gasteiger partial charge in [-0.25, -0.2) is 9.78 Å². The maximum absolute atomic E-state index is 12.0. The van der Waals surface area contributed by atoms with E-state index in [4.69, 9.17) is 0 Å². The summed E-state index contributed by atoms with van der Waals surface area (Å²) in [5.74, 6) is -0.224. The molecule has 124 valence electrons. The largest absolute Gasteiger partial charge is 0.341 e. The summed E-state index contributed by atoms with van der Waals surface area (Å²) in [6, 6.07) is -0.348. The first-order valence-corrected chi connectivity index (χ1v) is 8.54. The SMILES string of the molecule is CNC(=O)Nc1nc(CC(=O)Nc2nnc(C(C)(C)C)s2)cs1. The lowest BCUT2D eigenvalue weighted by Crippen LogP contribution is -2.24. The minimum atomic E-state index is -0.348. The molecule has 2 heterocycles. The van der Waals surface area contributed by atoms with Crippen molar-refractivity contribution in [2.45, 2.75) is 32.6 Å². The molecule has 23 heavy (non-hydrogen) atoms. The summed E-state index contributed by atoms with van der Waals surface area (Å²) < 4.78 is 0. The second kappa shape index (κ2) is 7.01. The van der Waals surface area contributed by atoms with Crippen LogP contribution in [0.4, 0.5) is 15.1 Å². The highest BCUT2D eigenvalue weighted by molar-refractivity contribution is 7.15. The molecule has 0 radical (unpaired) electrons. The minimum Gasteiger partial charge on any atom is -0.341 e. The molecule has 8 nitrogen and oxygen atoms in total. The van der Waals surface area contributed by atoms with Gasteiger partial charge in [-0.3, -0.25) is 10.1 Å². The molecule has 0 saturated heterocycles. The van der Waals surface area contributed by atoms with Crippen LogP contribution in [0.2, 0.25) is 0 Å². The Balaban J connectivity index is 1.92. The van der Waals surface area contributed by atoms with Crippen LogP contribution in [-0.2, 0) is 16.6 Å². The zero-order valence-corrected chi connectivity index (χ0v) is 14.9. The molecule has 0 saturated carbocycles. The van der Waals surface area contributed by atoms with Crippen molar-refractivity contribution >= 4 is 44.9 Å². The Morgan fingerprint density at radius 3 is 2.52 bits per heavy atom. The number of nitrogens with one attached hydrogen (secondary N) is 3. The molecular weight excluding hydrogens is 336 g/mol. The molecule has 2 rings (SSSR count). The van der Waals surface area contributed by atoms with E-state index in [1.807, 2.05) is 20.8 Å². The topological polar surface area (TPSA) is 109 Å². The number of thiazole rings is 1. The quantitative estimate of drug-likeness (QED) is 0.780. The van der Waals surface area contributed by atoms with Gasteiger partial charge in [0.15, 0.2) is 5.13 Å². The van der Waals surface area contributed by atoms with Crippen molar-refractivity contribution in [2.24, 2.45) is 0 Å². The van der Waals surface area contributed by atoms with Crippen LogP contribution in [0.3, 0.4) is 0 Å². The molecule has 0 spiro atoms. The van der Waals surface area contributed by atoms with Crippen LogP contribution in [0, 0.1) is 0 Å². The molecule has 0 atom stereocenters. The number of amides is 3. The van der Waals surface area contributed by atoms with Gasteiger partial charge >= 0.3 is 6.03 Å². The van der Waals surface area contributed by atoms with Gasteiger partial charge in [0.05, 0.1) is 12.1 Å². The molecule has 10 heteroatoms. The highest BCUT2D eigenvalue weighted by Crippen LogP contribution is 2.27. The number of rotatable bonds is 4. The summed E-state index contributed by atoms with van der Waals surface area (Å²) in [6.45, 7) is 6.11. The van der Waals surface area contributed by atoms with Crippen molar-refractivity contribution in [2.75, 3.05) is 17.7 Å². The predicted molar refractivity (Wildman–Crippen MR) is 91.1 cm³/mol. The molecule has 0 aliphatic carbocycles. The van der Waals surface area contributed by atoms with Crippen LogP contribution < -0.4 is 16.0 Å². The van der Waals surface area contributed by atoms with Crippen molar-refractivity contribution in [1.29, 1.82) is 0 Å². The average molecular weight is 354 g/mol. The van der Waals surface area contributed by atoms with Crippen LogP contribution in [0.5, 0.6) is 0 Å². The number of aromatic nitrogens is 3. The van der Waals surface area contributed by atoms with E-state index in [0.29, 0.717) is 16.0 Å². The van der Waals surface area contributed by atoms with Gasteiger partial charge in [0.2, 0.25) is 11.0 Å². The second-order valence-corrected chi connectivity index (χ2v) is 7.57. The van der Waals surface area contributed by atoms with E-state index in [0.717, 1.165) is 5.01 Å². The Kier molecular flexibility index (Phi) is 5.26. The summed E-state index contributed by atoms with van der Waals surface area (Å²) in [7, 11) is 1.52. The smallest absolute Gasteiger partial charge is 0.320 e. The van der Waals surface area contributed by atoms with Gasteiger partial charge in [0, 0.05) is 17.8 Å². The Hall–Kier alpha value is -2.07. The molecule has 2 aromatic rings. The number of anilines is 2. The van der Waals surface area contributed by atoms with Crippen molar-refractivity contribution < 1.29 is 9.59 Å². The number of carbonyl (C=O) groups is 2. The summed E-state index contributed by atoms with van der Waals surface area (Å²) in [5, 5.41) is 19.3. The summed E-state index contributed by atoms with van der Waals surface area (Å²) >= 11 is 2.62. The lowest BCUT2D eigenvalue weighted by Gasteiger charge is -2.12. The summed E-state index contributed by atoms with van der Waals surface area (Å²) in [4.78, 5) is 27.4. The second-order valence-electron chi connectivity index (χ2n) is 5.74. The first-order chi connectivity index (χ1) is 10.8. The van der Waals surface area contributed by atoms with Gasteiger partial charge in [0.1, 0.15) is 5.01 Å². The van der Waals surface area contributed by atoms with E-state index in [1.54, 1.807) is 5.38 Å². The lowest BCUT2D eigenvalue weighted by atomic mass is 9.98. The molecule has 0 aromatic carbocycles. The monoisotopic (exact) mass is 354 g/mol. The van der Waals surface area contributed by atoms with Gasteiger partial charge in [-0.1, -0.05) is 32.1 Å². The van der Waals surface area contributed by atoms with E-state index in [-0.39, 0.29) is 23.8 Å². The highest BCUT2D eigenvalue weighted by atomic mass is 32.1. The van der Waals surface area contributed by atoms with Gasteiger partial charge in [-0.05, 0) is 0 Å². The van der Waals surface area contributed by atoms with E-state index in [2.05, 4.69) is 31.1 Å². The number of carbonyl (C=O) groups excluding carboxylic acids is 2. The normalized spacial score (nSPS) is 11.1. The molecular formula is C13H18N6O2S2. The van der Waals surface area contributed by atoms with Crippen LogP contribution in [0.25, 0.3) is 0 Å². The number of hydrogen-bond acceptors (Lipinski definition) is 7. The number of urea groups is 1. The van der Waals surface area contributed by atoms with E-state index < -0.39 is 0 Å². The van der Waals surface area contributed by atoms with Gasteiger partial charge in [0.25, 0.3) is 0 Å². The Labute approximate surface area is 141 Å². The van der Waals surface area contributed by atoms with Gasteiger partial charge in [-0.2, -0.15) is 0 Å². The van der Waals surface area contributed by atoms with Crippen molar-refractivity contribution in [3.63, 3.8) is 0 Å². The average Bonchev–Trinajstić information content (AvgIpc) is 3.07. The zero-order valence-electron chi connectivity index (χ0n) is 13.3. The molecule has 0 bridgehead atoms. The van der Waals surface area contributed by atoms with E-state index in [9.17, 15) is 9.59 Å². The van der Waals surface area contributed by atoms with Crippen molar-refractivity contribution in [3.05, 3.63) is 16.1 Å². The zero-order chi connectivity index (χ0) is 17.0. The van der Waals surface area contributed by atoms with Gasteiger partial charge in [-0.15, -0.1) is 21.5 Å².